The number of carbonyl (C=O) groups is 1. The Balaban J connectivity index is 1.79. The number of hydrogen-bond acceptors (Lipinski definition) is 2. The second kappa shape index (κ2) is 5.52. The number of halogens is 1. The van der Waals surface area contributed by atoms with Gasteiger partial charge in [0.15, 0.2) is 0 Å². The van der Waals surface area contributed by atoms with Crippen LogP contribution in [0.15, 0.2) is 24.3 Å². The molecule has 0 radical (unpaired) electrons. The summed E-state index contributed by atoms with van der Waals surface area (Å²) >= 11 is 0. The van der Waals surface area contributed by atoms with Crippen LogP contribution in [0.2, 0.25) is 0 Å². The molecule has 0 spiro atoms. The molecule has 3 nitrogen and oxygen atoms in total. The van der Waals surface area contributed by atoms with Crippen LogP contribution in [0, 0.1) is 11.7 Å². The fraction of sp³-hybridized carbons (Fsp3) is 0.562. The highest BCUT2D eigenvalue weighted by molar-refractivity contribution is 5.94. The normalized spacial score (nSPS) is 29.9. The van der Waals surface area contributed by atoms with Gasteiger partial charge in [0, 0.05) is 24.1 Å². The fourth-order valence-corrected chi connectivity index (χ4v) is 3.70. The first-order valence-electron chi connectivity index (χ1n) is 7.41. The van der Waals surface area contributed by atoms with Crippen molar-refractivity contribution in [1.29, 1.82) is 0 Å². The molecule has 108 valence electrons. The SMILES string of the molecule is O=C(c1cccc(F)c1)N1CCCC1C1CCCC1O. The molecule has 1 heterocycles. The molecule has 2 aliphatic rings. The molecular weight excluding hydrogens is 257 g/mol. The van der Waals surface area contributed by atoms with Crippen LogP contribution in [0.3, 0.4) is 0 Å². The smallest absolute Gasteiger partial charge is 0.254 e. The molecule has 0 aromatic heterocycles. The fourth-order valence-electron chi connectivity index (χ4n) is 3.70. The summed E-state index contributed by atoms with van der Waals surface area (Å²) in [4.78, 5) is 14.4. The molecule has 20 heavy (non-hydrogen) atoms. The van der Waals surface area contributed by atoms with Crippen molar-refractivity contribution in [2.24, 2.45) is 5.92 Å². The van der Waals surface area contributed by atoms with E-state index in [0.717, 1.165) is 32.1 Å². The third kappa shape index (κ3) is 2.44. The molecule has 1 N–H and O–H groups in total. The van der Waals surface area contributed by atoms with Crippen LogP contribution in [-0.2, 0) is 0 Å². The summed E-state index contributed by atoms with van der Waals surface area (Å²) < 4.78 is 13.3. The summed E-state index contributed by atoms with van der Waals surface area (Å²) in [6.45, 7) is 0.712. The van der Waals surface area contributed by atoms with Gasteiger partial charge in [-0.3, -0.25) is 4.79 Å². The Morgan fingerprint density at radius 2 is 2.10 bits per heavy atom. The Morgan fingerprint density at radius 3 is 2.80 bits per heavy atom. The number of carbonyl (C=O) groups excluding carboxylic acids is 1. The minimum atomic E-state index is -0.382. The number of aliphatic hydroxyl groups excluding tert-OH is 1. The monoisotopic (exact) mass is 277 g/mol. The maximum atomic E-state index is 13.3. The first-order chi connectivity index (χ1) is 9.66. The van der Waals surface area contributed by atoms with E-state index in [1.165, 1.54) is 12.1 Å². The zero-order valence-corrected chi connectivity index (χ0v) is 11.5. The molecule has 1 aliphatic carbocycles. The molecule has 0 bridgehead atoms. The maximum absolute atomic E-state index is 13.3. The van der Waals surface area contributed by atoms with Gasteiger partial charge in [0.05, 0.1) is 6.10 Å². The zero-order valence-electron chi connectivity index (χ0n) is 11.5. The van der Waals surface area contributed by atoms with E-state index in [2.05, 4.69) is 0 Å². The first kappa shape index (κ1) is 13.6. The lowest BCUT2D eigenvalue weighted by Gasteiger charge is -2.31. The number of likely N-dealkylation sites (tertiary alicyclic amines) is 1. The van der Waals surface area contributed by atoms with Crippen molar-refractivity contribution in [3.63, 3.8) is 0 Å². The number of amides is 1. The average molecular weight is 277 g/mol. The number of nitrogens with zero attached hydrogens (tertiary/aromatic N) is 1. The summed E-state index contributed by atoms with van der Waals surface area (Å²) in [5, 5.41) is 10.1. The molecule has 3 unspecified atom stereocenters. The lowest BCUT2D eigenvalue weighted by Crippen LogP contribution is -2.42. The highest BCUT2D eigenvalue weighted by atomic mass is 19.1. The summed E-state index contributed by atoms with van der Waals surface area (Å²) in [5.41, 5.74) is 0.407. The van der Waals surface area contributed by atoms with Crippen LogP contribution in [-0.4, -0.2) is 34.6 Å². The van der Waals surface area contributed by atoms with E-state index in [-0.39, 0.29) is 29.8 Å². The summed E-state index contributed by atoms with van der Waals surface area (Å²) in [5.74, 6) is -0.298. The predicted octanol–water partition coefficient (Wildman–Crippen LogP) is 2.59. The van der Waals surface area contributed by atoms with E-state index in [1.807, 2.05) is 4.90 Å². The standard InChI is InChI=1S/C16H20FNO2/c17-12-5-1-4-11(10-12)16(20)18-9-3-7-14(18)13-6-2-8-15(13)19/h1,4-5,10,13-15,19H,2-3,6-9H2. The van der Waals surface area contributed by atoms with Gasteiger partial charge in [0.25, 0.3) is 5.91 Å². The van der Waals surface area contributed by atoms with Crippen LogP contribution in [0.4, 0.5) is 4.39 Å². The maximum Gasteiger partial charge on any atom is 0.254 e. The highest BCUT2D eigenvalue weighted by Gasteiger charge is 2.40. The second-order valence-corrected chi connectivity index (χ2v) is 5.88. The quantitative estimate of drug-likeness (QED) is 0.902. The van der Waals surface area contributed by atoms with Crippen LogP contribution in [0.1, 0.15) is 42.5 Å². The van der Waals surface area contributed by atoms with Gasteiger partial charge in [-0.15, -0.1) is 0 Å². The predicted molar refractivity (Wildman–Crippen MR) is 73.8 cm³/mol. The molecule has 1 amide bonds. The summed E-state index contributed by atoms with van der Waals surface area (Å²) in [6.07, 6.45) is 4.48. The van der Waals surface area contributed by atoms with Crippen molar-refractivity contribution in [2.75, 3.05) is 6.54 Å². The van der Waals surface area contributed by atoms with Gasteiger partial charge in [-0.1, -0.05) is 12.5 Å². The van der Waals surface area contributed by atoms with Crippen molar-refractivity contribution in [3.8, 4) is 0 Å². The number of aliphatic hydroxyl groups is 1. The minimum Gasteiger partial charge on any atom is -0.393 e. The second-order valence-electron chi connectivity index (χ2n) is 5.88. The lowest BCUT2D eigenvalue weighted by atomic mass is 9.93. The number of rotatable bonds is 2. The first-order valence-corrected chi connectivity index (χ1v) is 7.41. The molecule has 4 heteroatoms. The Hall–Kier alpha value is -1.42. The molecule has 3 atom stereocenters. The summed E-state index contributed by atoms with van der Waals surface area (Å²) in [7, 11) is 0. The van der Waals surface area contributed by atoms with E-state index in [4.69, 9.17) is 0 Å². The van der Waals surface area contributed by atoms with Gasteiger partial charge in [0.1, 0.15) is 5.82 Å². The Labute approximate surface area is 118 Å². The van der Waals surface area contributed by atoms with Crippen molar-refractivity contribution in [1.82, 2.24) is 4.90 Å². The Kier molecular flexibility index (Phi) is 3.74. The van der Waals surface area contributed by atoms with E-state index in [9.17, 15) is 14.3 Å². The van der Waals surface area contributed by atoms with Crippen molar-refractivity contribution >= 4 is 5.91 Å². The Bertz CT molecular complexity index is 505. The van der Waals surface area contributed by atoms with Gasteiger partial charge in [-0.05, 0) is 43.9 Å². The molecular formula is C16H20FNO2. The van der Waals surface area contributed by atoms with Crippen molar-refractivity contribution in [2.45, 2.75) is 44.2 Å². The van der Waals surface area contributed by atoms with Gasteiger partial charge >= 0.3 is 0 Å². The van der Waals surface area contributed by atoms with E-state index in [1.54, 1.807) is 12.1 Å². The van der Waals surface area contributed by atoms with E-state index in [0.29, 0.717) is 12.1 Å². The van der Waals surface area contributed by atoms with E-state index >= 15 is 0 Å². The number of hydrogen-bond donors (Lipinski definition) is 1. The van der Waals surface area contributed by atoms with Crippen molar-refractivity contribution < 1.29 is 14.3 Å². The molecule has 1 saturated carbocycles. The Morgan fingerprint density at radius 1 is 1.25 bits per heavy atom. The zero-order chi connectivity index (χ0) is 14.1. The van der Waals surface area contributed by atoms with Crippen LogP contribution < -0.4 is 0 Å². The largest absolute Gasteiger partial charge is 0.393 e. The van der Waals surface area contributed by atoms with Crippen LogP contribution in [0.25, 0.3) is 0 Å². The van der Waals surface area contributed by atoms with Crippen LogP contribution in [0.5, 0.6) is 0 Å². The van der Waals surface area contributed by atoms with Crippen LogP contribution >= 0.6 is 0 Å². The van der Waals surface area contributed by atoms with Gasteiger partial charge in [-0.25, -0.2) is 4.39 Å². The van der Waals surface area contributed by atoms with Gasteiger partial charge in [0.2, 0.25) is 0 Å². The number of benzene rings is 1. The van der Waals surface area contributed by atoms with E-state index < -0.39 is 0 Å². The molecule has 2 fully saturated rings. The topological polar surface area (TPSA) is 40.5 Å². The van der Waals surface area contributed by atoms with Gasteiger partial charge in [-0.2, -0.15) is 0 Å². The molecule has 1 aliphatic heterocycles. The molecule has 1 aromatic rings. The minimum absolute atomic E-state index is 0.105. The highest BCUT2D eigenvalue weighted by Crippen LogP contribution is 2.36. The molecule has 3 rings (SSSR count). The average Bonchev–Trinajstić information content (AvgIpc) is 3.06. The third-order valence-corrected chi connectivity index (χ3v) is 4.66. The van der Waals surface area contributed by atoms with Gasteiger partial charge < -0.3 is 10.0 Å². The molecule has 1 saturated heterocycles. The molecule has 1 aromatic carbocycles. The lowest BCUT2D eigenvalue weighted by molar-refractivity contribution is 0.0527. The third-order valence-electron chi connectivity index (χ3n) is 4.66. The summed E-state index contributed by atoms with van der Waals surface area (Å²) in [6, 6.07) is 5.98. The van der Waals surface area contributed by atoms with Crippen molar-refractivity contribution in [3.05, 3.63) is 35.6 Å².